The first-order valence-corrected chi connectivity index (χ1v) is 10.6. The third-order valence-electron chi connectivity index (χ3n) is 5.34. The van der Waals surface area contributed by atoms with Crippen LogP contribution in [0.2, 0.25) is 0 Å². The number of carbonyl (C=O) groups excluding carboxylic acids is 2. The second kappa shape index (κ2) is 8.89. The topological polar surface area (TPSA) is 102 Å². The van der Waals surface area contributed by atoms with Crippen molar-refractivity contribution in [1.82, 2.24) is 30.0 Å². The Bertz CT molecular complexity index is 1140. The highest BCUT2D eigenvalue weighted by Crippen LogP contribution is 2.21. The number of likely N-dealkylation sites (tertiary alicyclic amines) is 1. The molecule has 0 spiro atoms. The lowest BCUT2D eigenvalue weighted by molar-refractivity contribution is 0.0668. The van der Waals surface area contributed by atoms with Crippen LogP contribution in [0.1, 0.15) is 42.7 Å². The van der Waals surface area contributed by atoms with Gasteiger partial charge in [-0.25, -0.2) is 19.2 Å². The molecule has 9 nitrogen and oxygen atoms in total. The van der Waals surface area contributed by atoms with Gasteiger partial charge in [-0.3, -0.25) is 4.79 Å². The summed E-state index contributed by atoms with van der Waals surface area (Å²) >= 11 is 0. The predicted molar refractivity (Wildman–Crippen MR) is 115 cm³/mol. The predicted octanol–water partition coefficient (Wildman–Crippen LogP) is 3.00. The SMILES string of the molecule is Cc1nn(-c2ncc(C(=O)NC3CCN(C(=O)OC(C)C)CC3)cn2)c2cc(F)ccc12. The Labute approximate surface area is 184 Å². The summed E-state index contributed by atoms with van der Waals surface area (Å²) in [5, 5.41) is 8.16. The van der Waals surface area contributed by atoms with E-state index in [0.717, 1.165) is 11.1 Å². The molecule has 32 heavy (non-hydrogen) atoms. The van der Waals surface area contributed by atoms with E-state index in [1.165, 1.54) is 29.2 Å². The van der Waals surface area contributed by atoms with Crippen molar-refractivity contribution in [2.45, 2.75) is 45.8 Å². The summed E-state index contributed by atoms with van der Waals surface area (Å²) in [5.74, 6) is -0.410. The molecule has 3 heterocycles. The zero-order valence-electron chi connectivity index (χ0n) is 18.2. The van der Waals surface area contributed by atoms with Crippen molar-refractivity contribution in [3.63, 3.8) is 0 Å². The minimum Gasteiger partial charge on any atom is -0.447 e. The Morgan fingerprint density at radius 2 is 1.88 bits per heavy atom. The number of benzene rings is 1. The summed E-state index contributed by atoms with van der Waals surface area (Å²) in [5.41, 5.74) is 1.60. The third-order valence-corrected chi connectivity index (χ3v) is 5.34. The molecular formula is C22H25FN6O3. The second-order valence-electron chi connectivity index (χ2n) is 8.10. The van der Waals surface area contributed by atoms with Gasteiger partial charge in [-0.05, 0) is 45.7 Å². The van der Waals surface area contributed by atoms with E-state index in [1.54, 1.807) is 11.0 Å². The first kappa shape index (κ1) is 21.7. The molecule has 0 bridgehead atoms. The Kier molecular flexibility index (Phi) is 6.02. The minimum atomic E-state index is -0.377. The van der Waals surface area contributed by atoms with Gasteiger partial charge in [-0.1, -0.05) is 0 Å². The number of ether oxygens (including phenoxy) is 1. The van der Waals surface area contributed by atoms with Gasteiger partial charge in [0.05, 0.1) is 22.9 Å². The standard InChI is InChI=1S/C22H25FN6O3/c1-13(2)32-22(31)28-8-6-17(7-9-28)26-20(30)15-11-24-21(25-12-15)29-19-10-16(23)4-5-18(19)14(3)27-29/h4-5,10-13,17H,6-9H2,1-3H3,(H,26,30). The Balaban J connectivity index is 1.39. The van der Waals surface area contributed by atoms with E-state index < -0.39 is 0 Å². The van der Waals surface area contributed by atoms with E-state index in [4.69, 9.17) is 4.74 Å². The number of rotatable bonds is 4. The van der Waals surface area contributed by atoms with Gasteiger partial charge >= 0.3 is 6.09 Å². The number of aryl methyl sites for hydroxylation is 1. The minimum absolute atomic E-state index is 0.0500. The molecule has 1 aromatic carbocycles. The van der Waals surface area contributed by atoms with Crippen LogP contribution in [0.25, 0.3) is 16.9 Å². The van der Waals surface area contributed by atoms with Gasteiger partial charge in [-0.2, -0.15) is 9.78 Å². The highest BCUT2D eigenvalue weighted by molar-refractivity contribution is 5.93. The van der Waals surface area contributed by atoms with Crippen LogP contribution < -0.4 is 5.32 Å². The maximum Gasteiger partial charge on any atom is 0.410 e. The van der Waals surface area contributed by atoms with Crippen LogP contribution in [0.3, 0.4) is 0 Å². The molecule has 0 saturated carbocycles. The van der Waals surface area contributed by atoms with Gasteiger partial charge in [0.15, 0.2) is 0 Å². The number of halogens is 1. The molecule has 1 saturated heterocycles. The highest BCUT2D eigenvalue weighted by atomic mass is 19.1. The van der Waals surface area contributed by atoms with Crippen molar-refractivity contribution in [2.24, 2.45) is 0 Å². The number of carbonyl (C=O) groups is 2. The normalized spacial score (nSPS) is 14.7. The number of fused-ring (bicyclic) bond motifs is 1. The maximum absolute atomic E-state index is 13.7. The summed E-state index contributed by atoms with van der Waals surface area (Å²) in [7, 11) is 0. The van der Waals surface area contributed by atoms with Gasteiger partial charge in [0, 0.05) is 43.0 Å². The number of hydrogen-bond acceptors (Lipinski definition) is 6. The van der Waals surface area contributed by atoms with Crippen molar-refractivity contribution in [1.29, 1.82) is 0 Å². The van der Waals surface area contributed by atoms with Crippen molar-refractivity contribution < 1.29 is 18.7 Å². The second-order valence-corrected chi connectivity index (χ2v) is 8.10. The monoisotopic (exact) mass is 440 g/mol. The lowest BCUT2D eigenvalue weighted by atomic mass is 10.1. The lowest BCUT2D eigenvalue weighted by Gasteiger charge is -2.32. The van der Waals surface area contributed by atoms with Crippen LogP contribution in [0, 0.1) is 12.7 Å². The van der Waals surface area contributed by atoms with E-state index in [0.29, 0.717) is 37.0 Å². The number of nitrogens with zero attached hydrogens (tertiary/aromatic N) is 5. The molecule has 3 aromatic rings. The fraction of sp³-hybridized carbons (Fsp3) is 0.409. The van der Waals surface area contributed by atoms with Crippen LogP contribution in [-0.4, -0.2) is 61.9 Å². The first-order valence-electron chi connectivity index (χ1n) is 10.6. The van der Waals surface area contributed by atoms with Crippen LogP contribution >= 0.6 is 0 Å². The molecule has 4 rings (SSSR count). The summed E-state index contributed by atoms with van der Waals surface area (Å²) in [6.45, 7) is 6.49. The van der Waals surface area contributed by atoms with Crippen molar-refractivity contribution >= 4 is 22.9 Å². The molecule has 2 aromatic heterocycles. The lowest BCUT2D eigenvalue weighted by Crippen LogP contribution is -2.47. The first-order chi connectivity index (χ1) is 15.3. The van der Waals surface area contributed by atoms with Crippen LogP contribution in [0.15, 0.2) is 30.6 Å². The molecule has 1 aliphatic rings. The van der Waals surface area contributed by atoms with Gasteiger partial charge < -0.3 is 15.0 Å². The van der Waals surface area contributed by atoms with E-state index in [-0.39, 0.29) is 35.9 Å². The van der Waals surface area contributed by atoms with Gasteiger partial charge in [0.1, 0.15) is 5.82 Å². The molecule has 1 fully saturated rings. The van der Waals surface area contributed by atoms with Crippen molar-refractivity contribution in [3.8, 4) is 5.95 Å². The zero-order chi connectivity index (χ0) is 22.8. The zero-order valence-corrected chi connectivity index (χ0v) is 18.2. The number of aromatic nitrogens is 4. The fourth-order valence-electron chi connectivity index (χ4n) is 3.70. The Morgan fingerprint density at radius 3 is 2.53 bits per heavy atom. The van der Waals surface area contributed by atoms with E-state index in [9.17, 15) is 14.0 Å². The largest absolute Gasteiger partial charge is 0.447 e. The molecule has 1 N–H and O–H groups in total. The molecule has 0 radical (unpaired) electrons. The molecule has 10 heteroatoms. The van der Waals surface area contributed by atoms with Crippen LogP contribution in [0.4, 0.5) is 9.18 Å². The quantitative estimate of drug-likeness (QED) is 0.669. The highest BCUT2D eigenvalue weighted by Gasteiger charge is 2.25. The molecule has 2 amide bonds. The maximum atomic E-state index is 13.7. The van der Waals surface area contributed by atoms with Crippen LogP contribution in [-0.2, 0) is 4.74 Å². The molecule has 0 aliphatic carbocycles. The summed E-state index contributed by atoms with van der Waals surface area (Å²) in [6, 6.07) is 4.38. The number of amides is 2. The molecule has 1 aliphatic heterocycles. The number of piperidine rings is 1. The molecule has 0 unspecified atom stereocenters. The van der Waals surface area contributed by atoms with E-state index in [1.807, 2.05) is 20.8 Å². The summed E-state index contributed by atoms with van der Waals surface area (Å²) < 4.78 is 20.4. The van der Waals surface area contributed by atoms with Crippen LogP contribution in [0.5, 0.6) is 0 Å². The summed E-state index contributed by atoms with van der Waals surface area (Å²) in [4.78, 5) is 34.8. The summed E-state index contributed by atoms with van der Waals surface area (Å²) in [6.07, 6.45) is 3.65. The van der Waals surface area contributed by atoms with E-state index >= 15 is 0 Å². The number of nitrogens with one attached hydrogen (secondary N) is 1. The van der Waals surface area contributed by atoms with Crippen molar-refractivity contribution in [2.75, 3.05) is 13.1 Å². The molecular weight excluding hydrogens is 415 g/mol. The van der Waals surface area contributed by atoms with Gasteiger partial charge in [-0.15, -0.1) is 0 Å². The average Bonchev–Trinajstić information content (AvgIpc) is 3.09. The number of hydrogen-bond donors (Lipinski definition) is 1. The van der Waals surface area contributed by atoms with Crippen molar-refractivity contribution in [3.05, 3.63) is 47.7 Å². The van der Waals surface area contributed by atoms with Gasteiger partial charge in [0.2, 0.25) is 0 Å². The Hall–Kier alpha value is -3.56. The van der Waals surface area contributed by atoms with E-state index in [2.05, 4.69) is 20.4 Å². The van der Waals surface area contributed by atoms with Gasteiger partial charge in [0.25, 0.3) is 11.9 Å². The molecule has 0 atom stereocenters. The molecule has 168 valence electrons. The fourth-order valence-corrected chi connectivity index (χ4v) is 3.70. The third kappa shape index (κ3) is 4.53. The Morgan fingerprint density at radius 1 is 1.19 bits per heavy atom. The smallest absolute Gasteiger partial charge is 0.410 e. The average molecular weight is 440 g/mol.